The van der Waals surface area contributed by atoms with E-state index in [1.807, 2.05) is 6.92 Å². The fourth-order valence-corrected chi connectivity index (χ4v) is 2.57. The number of morpholine rings is 1. The Morgan fingerprint density at radius 3 is 2.64 bits per heavy atom. The van der Waals surface area contributed by atoms with Crippen molar-refractivity contribution in [3.05, 3.63) is 0 Å². The number of hydrogen-bond donors (Lipinski definition) is 2. The van der Waals surface area contributed by atoms with Gasteiger partial charge in [0.25, 0.3) is 0 Å². The Labute approximate surface area is 169 Å². The Morgan fingerprint density at radius 1 is 1.20 bits per heavy atom. The summed E-state index contributed by atoms with van der Waals surface area (Å²) in [4.78, 5) is 17.9. The highest BCUT2D eigenvalue weighted by Crippen LogP contribution is 2.03. The number of unbranched alkanes of at least 4 members (excludes halogenated alkanes) is 3. The maximum atomic E-state index is 11.2. The van der Waals surface area contributed by atoms with E-state index in [0.717, 1.165) is 78.0 Å². The van der Waals surface area contributed by atoms with E-state index in [-0.39, 0.29) is 29.9 Å². The topological polar surface area (TPSA) is 89.2 Å². The third kappa shape index (κ3) is 14.3. The number of guanidine groups is 1. The molecule has 1 rings (SSSR count). The van der Waals surface area contributed by atoms with Crippen LogP contribution < -0.4 is 11.1 Å². The Balaban J connectivity index is 0.00000576. The van der Waals surface area contributed by atoms with E-state index >= 15 is 0 Å². The molecule has 8 heteroatoms. The van der Waals surface area contributed by atoms with Crippen LogP contribution in [0.2, 0.25) is 0 Å². The van der Waals surface area contributed by atoms with E-state index in [1.165, 1.54) is 0 Å². The molecule has 0 aromatic heterocycles. The standard InChI is InChI=1S/C17H34N4O3.HI/c1-2-24-16(22)8-5-3-4-6-9-19-17(18)20-10-7-11-21-12-14-23-15-13-21;/h2-15H2,1H3,(H3,18,19,20);1H. The molecular formula is C17H35IN4O3. The number of carbonyl (C=O) groups is 1. The molecule has 0 atom stereocenters. The molecule has 25 heavy (non-hydrogen) atoms. The van der Waals surface area contributed by atoms with Crippen molar-refractivity contribution in [2.24, 2.45) is 10.7 Å². The van der Waals surface area contributed by atoms with Crippen LogP contribution in [0.4, 0.5) is 0 Å². The van der Waals surface area contributed by atoms with Gasteiger partial charge in [0.05, 0.1) is 19.8 Å². The zero-order chi connectivity index (χ0) is 17.5. The molecule has 0 aromatic rings. The molecule has 0 spiro atoms. The second-order valence-corrected chi connectivity index (χ2v) is 5.97. The van der Waals surface area contributed by atoms with Crippen LogP contribution in [-0.4, -0.2) is 69.4 Å². The molecule has 1 aliphatic heterocycles. The molecule has 0 unspecified atom stereocenters. The maximum Gasteiger partial charge on any atom is 0.305 e. The van der Waals surface area contributed by atoms with E-state index in [4.69, 9.17) is 15.2 Å². The van der Waals surface area contributed by atoms with Crippen LogP contribution in [-0.2, 0) is 14.3 Å². The van der Waals surface area contributed by atoms with Gasteiger partial charge in [-0.05, 0) is 26.2 Å². The summed E-state index contributed by atoms with van der Waals surface area (Å²) in [6, 6.07) is 0. The second-order valence-electron chi connectivity index (χ2n) is 5.97. The third-order valence-electron chi connectivity index (χ3n) is 3.94. The number of hydrogen-bond acceptors (Lipinski definition) is 5. The average Bonchev–Trinajstić information content (AvgIpc) is 2.59. The summed E-state index contributed by atoms with van der Waals surface area (Å²) in [7, 11) is 0. The summed E-state index contributed by atoms with van der Waals surface area (Å²) in [5.41, 5.74) is 5.85. The number of rotatable bonds is 12. The zero-order valence-corrected chi connectivity index (χ0v) is 17.8. The Hall–Kier alpha value is -0.610. The van der Waals surface area contributed by atoms with Crippen molar-refractivity contribution in [2.45, 2.75) is 45.4 Å². The van der Waals surface area contributed by atoms with Gasteiger partial charge in [-0.1, -0.05) is 12.8 Å². The molecule has 0 radical (unpaired) electrons. The van der Waals surface area contributed by atoms with Gasteiger partial charge in [0.1, 0.15) is 0 Å². The first-order valence-electron chi connectivity index (χ1n) is 9.22. The summed E-state index contributed by atoms with van der Waals surface area (Å²) >= 11 is 0. The monoisotopic (exact) mass is 470 g/mol. The molecule has 7 nitrogen and oxygen atoms in total. The summed E-state index contributed by atoms with van der Waals surface area (Å²) in [5.74, 6) is 0.438. The lowest BCUT2D eigenvalue weighted by Crippen LogP contribution is -2.37. The smallest absolute Gasteiger partial charge is 0.305 e. The van der Waals surface area contributed by atoms with Gasteiger partial charge in [-0.3, -0.25) is 14.7 Å². The van der Waals surface area contributed by atoms with Crippen molar-refractivity contribution < 1.29 is 14.3 Å². The summed E-state index contributed by atoms with van der Waals surface area (Å²) < 4.78 is 10.2. The molecule has 0 amide bonds. The number of nitrogens with zero attached hydrogens (tertiary/aromatic N) is 2. The molecule has 0 aromatic carbocycles. The molecule has 1 heterocycles. The van der Waals surface area contributed by atoms with Gasteiger partial charge in [0, 0.05) is 39.1 Å². The molecule has 1 aliphatic rings. The van der Waals surface area contributed by atoms with Crippen molar-refractivity contribution in [2.75, 3.05) is 52.5 Å². The van der Waals surface area contributed by atoms with E-state index < -0.39 is 0 Å². The molecule has 0 aliphatic carbocycles. The Bertz CT molecular complexity index is 364. The number of aliphatic imine (C=N–C) groups is 1. The number of nitrogens with one attached hydrogen (secondary N) is 1. The summed E-state index contributed by atoms with van der Waals surface area (Å²) in [6.07, 6.45) is 5.59. The minimum absolute atomic E-state index is 0. The predicted molar refractivity (Wildman–Crippen MR) is 112 cm³/mol. The van der Waals surface area contributed by atoms with Crippen LogP contribution in [0.3, 0.4) is 0 Å². The minimum atomic E-state index is -0.0934. The number of halogens is 1. The van der Waals surface area contributed by atoms with Crippen LogP contribution in [0.15, 0.2) is 4.99 Å². The van der Waals surface area contributed by atoms with Crippen LogP contribution in [0.1, 0.15) is 45.4 Å². The lowest BCUT2D eigenvalue weighted by atomic mass is 10.1. The molecular weight excluding hydrogens is 435 g/mol. The van der Waals surface area contributed by atoms with Gasteiger partial charge < -0.3 is 20.5 Å². The first-order valence-corrected chi connectivity index (χ1v) is 9.22. The van der Waals surface area contributed by atoms with E-state index in [0.29, 0.717) is 19.0 Å². The van der Waals surface area contributed by atoms with Gasteiger partial charge in [-0.25, -0.2) is 0 Å². The quantitative estimate of drug-likeness (QED) is 0.149. The molecule has 1 saturated heterocycles. The van der Waals surface area contributed by atoms with Crippen molar-refractivity contribution >= 4 is 35.9 Å². The Kier molecular flexibility index (Phi) is 16.4. The van der Waals surface area contributed by atoms with Crippen molar-refractivity contribution in [1.82, 2.24) is 10.2 Å². The third-order valence-corrected chi connectivity index (χ3v) is 3.94. The van der Waals surface area contributed by atoms with Crippen LogP contribution in [0.25, 0.3) is 0 Å². The second kappa shape index (κ2) is 16.8. The minimum Gasteiger partial charge on any atom is -0.466 e. The van der Waals surface area contributed by atoms with Crippen LogP contribution in [0.5, 0.6) is 0 Å². The maximum absolute atomic E-state index is 11.2. The Morgan fingerprint density at radius 2 is 1.92 bits per heavy atom. The number of nitrogens with two attached hydrogens (primary N) is 1. The largest absolute Gasteiger partial charge is 0.466 e. The molecule has 148 valence electrons. The first kappa shape index (κ1) is 24.4. The van der Waals surface area contributed by atoms with Crippen molar-refractivity contribution in [3.8, 4) is 0 Å². The molecule has 0 bridgehead atoms. The lowest BCUT2D eigenvalue weighted by Gasteiger charge is -2.26. The number of esters is 1. The van der Waals surface area contributed by atoms with E-state index in [1.54, 1.807) is 0 Å². The van der Waals surface area contributed by atoms with E-state index in [2.05, 4.69) is 15.2 Å². The summed E-state index contributed by atoms with van der Waals surface area (Å²) in [5, 5.41) is 3.14. The normalized spacial score (nSPS) is 15.5. The highest BCUT2D eigenvalue weighted by atomic mass is 127. The van der Waals surface area contributed by atoms with Gasteiger partial charge >= 0.3 is 5.97 Å². The van der Waals surface area contributed by atoms with Gasteiger partial charge in [-0.2, -0.15) is 0 Å². The SMILES string of the molecule is CCOC(=O)CCCCCCNC(N)=NCCCN1CCOCC1.I. The van der Waals surface area contributed by atoms with Gasteiger partial charge in [-0.15, -0.1) is 24.0 Å². The van der Waals surface area contributed by atoms with Gasteiger partial charge in [0.2, 0.25) is 0 Å². The first-order chi connectivity index (χ1) is 11.7. The molecule has 0 saturated carbocycles. The fraction of sp³-hybridized carbons (Fsp3) is 0.882. The lowest BCUT2D eigenvalue weighted by molar-refractivity contribution is -0.143. The number of ether oxygens (including phenoxy) is 2. The number of carbonyl (C=O) groups excluding carboxylic acids is 1. The van der Waals surface area contributed by atoms with Gasteiger partial charge in [0.15, 0.2) is 5.96 Å². The van der Waals surface area contributed by atoms with Crippen molar-refractivity contribution in [1.29, 1.82) is 0 Å². The van der Waals surface area contributed by atoms with Crippen LogP contribution >= 0.6 is 24.0 Å². The highest BCUT2D eigenvalue weighted by Gasteiger charge is 2.08. The molecule has 1 fully saturated rings. The summed E-state index contributed by atoms with van der Waals surface area (Å²) in [6.45, 7) is 8.67. The van der Waals surface area contributed by atoms with Crippen LogP contribution in [0, 0.1) is 0 Å². The fourth-order valence-electron chi connectivity index (χ4n) is 2.57. The van der Waals surface area contributed by atoms with Crippen molar-refractivity contribution in [3.63, 3.8) is 0 Å². The predicted octanol–water partition coefficient (Wildman–Crippen LogP) is 1.74. The average molecular weight is 470 g/mol. The van der Waals surface area contributed by atoms with E-state index in [9.17, 15) is 4.79 Å². The highest BCUT2D eigenvalue weighted by molar-refractivity contribution is 14.0. The zero-order valence-electron chi connectivity index (χ0n) is 15.5. The molecule has 3 N–H and O–H groups in total.